The first-order chi connectivity index (χ1) is 7.60. The highest BCUT2D eigenvalue weighted by atomic mass is 16.6. The van der Waals surface area contributed by atoms with Crippen LogP contribution >= 0.6 is 0 Å². The molecule has 0 atom stereocenters. The quantitative estimate of drug-likeness (QED) is 0.353. The van der Waals surface area contributed by atoms with Crippen LogP contribution in [-0.2, 0) is 28.6 Å². The van der Waals surface area contributed by atoms with Crippen LogP contribution < -0.4 is 0 Å². The van der Waals surface area contributed by atoms with Crippen molar-refractivity contribution in [2.45, 2.75) is 12.8 Å². The number of hydrogen-bond donors (Lipinski definition) is 0. The molecule has 0 saturated heterocycles. The van der Waals surface area contributed by atoms with E-state index in [4.69, 9.17) is 0 Å². The molecule has 0 spiro atoms. The second-order valence-electron chi connectivity index (χ2n) is 2.67. The van der Waals surface area contributed by atoms with E-state index < -0.39 is 17.9 Å². The average molecular weight is 230 g/mol. The normalized spacial score (nSPS) is 9.06. The Kier molecular flexibility index (Phi) is 7.48. The molecule has 0 saturated carbocycles. The third-order valence-electron chi connectivity index (χ3n) is 1.51. The second-order valence-corrected chi connectivity index (χ2v) is 2.67. The molecule has 0 radical (unpaired) electrons. The van der Waals surface area contributed by atoms with Gasteiger partial charge in [0.05, 0.1) is 20.0 Å². The number of ether oxygens (including phenoxy) is 3. The molecule has 0 aliphatic rings. The third kappa shape index (κ3) is 7.54. The average Bonchev–Trinajstić information content (AvgIpc) is 2.28. The van der Waals surface area contributed by atoms with Gasteiger partial charge in [0, 0.05) is 6.08 Å². The Hall–Kier alpha value is -1.85. The van der Waals surface area contributed by atoms with E-state index in [0.29, 0.717) is 0 Å². The summed E-state index contributed by atoms with van der Waals surface area (Å²) in [7, 11) is 1.25. The van der Waals surface area contributed by atoms with Crippen LogP contribution in [0.3, 0.4) is 0 Å². The van der Waals surface area contributed by atoms with Crippen LogP contribution in [0.5, 0.6) is 0 Å². The minimum atomic E-state index is -0.595. The zero-order valence-electron chi connectivity index (χ0n) is 9.06. The summed E-state index contributed by atoms with van der Waals surface area (Å²) in [5.74, 6) is -1.59. The van der Waals surface area contributed by atoms with E-state index in [9.17, 15) is 14.4 Å². The summed E-state index contributed by atoms with van der Waals surface area (Å²) in [6.07, 6.45) is 0.956. The van der Waals surface area contributed by atoms with E-state index in [1.165, 1.54) is 7.11 Å². The van der Waals surface area contributed by atoms with Gasteiger partial charge >= 0.3 is 17.9 Å². The summed E-state index contributed by atoms with van der Waals surface area (Å²) >= 11 is 0. The highest BCUT2D eigenvalue weighted by Crippen LogP contribution is 1.92. The lowest BCUT2D eigenvalue weighted by molar-refractivity contribution is -0.149. The van der Waals surface area contributed by atoms with Crippen molar-refractivity contribution in [2.24, 2.45) is 0 Å². The lowest BCUT2D eigenvalue weighted by Crippen LogP contribution is -2.13. The molecule has 0 aromatic carbocycles. The highest BCUT2D eigenvalue weighted by Gasteiger charge is 2.06. The van der Waals surface area contributed by atoms with Crippen LogP contribution in [-0.4, -0.2) is 38.2 Å². The number of esters is 3. The molecule has 0 heterocycles. The summed E-state index contributed by atoms with van der Waals surface area (Å²) in [5.41, 5.74) is 0. The first-order valence-electron chi connectivity index (χ1n) is 4.61. The maximum absolute atomic E-state index is 11.0. The van der Waals surface area contributed by atoms with Crippen molar-refractivity contribution in [2.75, 3.05) is 20.3 Å². The molecule has 0 aliphatic carbocycles. The summed E-state index contributed by atoms with van der Waals surface area (Å²) in [6, 6.07) is 0. The Morgan fingerprint density at radius 3 is 2.19 bits per heavy atom. The van der Waals surface area contributed by atoms with Crippen LogP contribution in [0.15, 0.2) is 12.7 Å². The second kappa shape index (κ2) is 8.46. The van der Waals surface area contributed by atoms with E-state index in [1.807, 2.05) is 0 Å². The number of rotatable bonds is 7. The molecule has 0 bridgehead atoms. The molecule has 90 valence electrons. The molecule has 0 N–H and O–H groups in total. The third-order valence-corrected chi connectivity index (χ3v) is 1.51. The lowest BCUT2D eigenvalue weighted by Gasteiger charge is -2.04. The Balaban J connectivity index is 3.48. The van der Waals surface area contributed by atoms with E-state index in [0.717, 1.165) is 6.08 Å². The molecule has 6 heteroatoms. The highest BCUT2D eigenvalue weighted by molar-refractivity contribution is 5.81. The Morgan fingerprint density at radius 2 is 1.62 bits per heavy atom. The molecule has 16 heavy (non-hydrogen) atoms. The van der Waals surface area contributed by atoms with Crippen LogP contribution in [0, 0.1) is 0 Å². The van der Waals surface area contributed by atoms with Gasteiger partial charge in [0.25, 0.3) is 0 Å². The standard InChI is InChI=1S/C10H14O6/c1-3-8(11)15-7-5-10(13)16-6-4-9(12)14-2/h3H,1,4-7H2,2H3. The van der Waals surface area contributed by atoms with Crippen molar-refractivity contribution in [1.82, 2.24) is 0 Å². The first-order valence-corrected chi connectivity index (χ1v) is 4.61. The van der Waals surface area contributed by atoms with Crippen molar-refractivity contribution in [3.63, 3.8) is 0 Å². The van der Waals surface area contributed by atoms with Crippen LogP contribution in [0.1, 0.15) is 12.8 Å². The van der Waals surface area contributed by atoms with E-state index in [-0.39, 0.29) is 26.1 Å². The van der Waals surface area contributed by atoms with E-state index >= 15 is 0 Å². The van der Waals surface area contributed by atoms with Crippen molar-refractivity contribution in [3.8, 4) is 0 Å². The Bertz CT molecular complexity index is 270. The molecular formula is C10H14O6. The Labute approximate surface area is 93.2 Å². The topological polar surface area (TPSA) is 78.9 Å². The predicted molar refractivity (Wildman–Crippen MR) is 53.4 cm³/mol. The van der Waals surface area contributed by atoms with Crippen molar-refractivity contribution in [1.29, 1.82) is 0 Å². The molecular weight excluding hydrogens is 216 g/mol. The fraction of sp³-hybridized carbons (Fsp3) is 0.500. The molecule has 0 aliphatic heterocycles. The molecule has 0 unspecified atom stereocenters. The minimum absolute atomic E-state index is 0.00862. The maximum Gasteiger partial charge on any atom is 0.330 e. The summed E-state index contributed by atoms with van der Waals surface area (Å²) in [4.78, 5) is 32.2. The van der Waals surface area contributed by atoms with Gasteiger partial charge in [-0.3, -0.25) is 9.59 Å². The molecule has 0 fully saturated rings. The molecule has 6 nitrogen and oxygen atoms in total. The van der Waals surface area contributed by atoms with Gasteiger partial charge in [-0.1, -0.05) is 6.58 Å². The number of hydrogen-bond acceptors (Lipinski definition) is 6. The van der Waals surface area contributed by atoms with Gasteiger partial charge < -0.3 is 14.2 Å². The fourth-order valence-electron chi connectivity index (χ4n) is 0.716. The first kappa shape index (κ1) is 14.2. The van der Waals surface area contributed by atoms with E-state index in [2.05, 4.69) is 20.8 Å². The number of carbonyl (C=O) groups is 3. The maximum atomic E-state index is 11.0. The largest absolute Gasteiger partial charge is 0.469 e. The van der Waals surface area contributed by atoms with Crippen LogP contribution in [0.4, 0.5) is 0 Å². The van der Waals surface area contributed by atoms with Crippen molar-refractivity contribution < 1.29 is 28.6 Å². The smallest absolute Gasteiger partial charge is 0.330 e. The van der Waals surface area contributed by atoms with Gasteiger partial charge in [-0.15, -0.1) is 0 Å². The van der Waals surface area contributed by atoms with Gasteiger partial charge in [-0.2, -0.15) is 0 Å². The summed E-state index contributed by atoms with van der Waals surface area (Å²) in [6.45, 7) is 3.09. The number of methoxy groups -OCH3 is 1. The SMILES string of the molecule is C=CC(=O)OCCC(=O)OCCC(=O)OC. The Morgan fingerprint density at radius 1 is 1.06 bits per heavy atom. The lowest BCUT2D eigenvalue weighted by atomic mass is 10.4. The minimum Gasteiger partial charge on any atom is -0.469 e. The molecule has 0 amide bonds. The number of carbonyl (C=O) groups excluding carboxylic acids is 3. The predicted octanol–water partition coefficient (Wildman–Crippen LogP) is 0.212. The van der Waals surface area contributed by atoms with Gasteiger partial charge in [-0.25, -0.2) is 4.79 Å². The summed E-state index contributed by atoms with van der Waals surface area (Å²) in [5, 5.41) is 0. The van der Waals surface area contributed by atoms with Gasteiger partial charge in [0.1, 0.15) is 13.2 Å². The van der Waals surface area contributed by atoms with Crippen molar-refractivity contribution >= 4 is 17.9 Å². The fourth-order valence-corrected chi connectivity index (χ4v) is 0.716. The zero-order chi connectivity index (χ0) is 12.4. The van der Waals surface area contributed by atoms with Gasteiger partial charge in [0.2, 0.25) is 0 Å². The molecule has 0 aromatic rings. The van der Waals surface area contributed by atoms with Gasteiger partial charge in [0.15, 0.2) is 0 Å². The molecule has 0 aromatic heterocycles. The zero-order valence-corrected chi connectivity index (χ0v) is 9.06. The molecule has 0 rings (SSSR count). The monoisotopic (exact) mass is 230 g/mol. The van der Waals surface area contributed by atoms with Crippen LogP contribution in [0.2, 0.25) is 0 Å². The van der Waals surface area contributed by atoms with E-state index in [1.54, 1.807) is 0 Å². The van der Waals surface area contributed by atoms with Gasteiger partial charge in [-0.05, 0) is 0 Å². The van der Waals surface area contributed by atoms with Crippen molar-refractivity contribution in [3.05, 3.63) is 12.7 Å². The van der Waals surface area contributed by atoms with Crippen LogP contribution in [0.25, 0.3) is 0 Å². The summed E-state index contributed by atoms with van der Waals surface area (Å²) < 4.78 is 13.6.